The molecule has 3 aromatic heterocycles. The minimum absolute atomic E-state index is 0.590. The highest BCUT2D eigenvalue weighted by molar-refractivity contribution is 6.09. The molecule has 11 aromatic rings. The first-order valence-corrected chi connectivity index (χ1v) is 18.7. The average Bonchev–Trinajstić information content (AvgIpc) is 3.84. The fourth-order valence-corrected chi connectivity index (χ4v) is 7.76. The van der Waals surface area contributed by atoms with Gasteiger partial charge in [0.05, 0.1) is 0 Å². The number of aromatic nitrogens is 3. The van der Waals surface area contributed by atoms with Crippen molar-refractivity contribution in [1.29, 1.82) is 0 Å². The van der Waals surface area contributed by atoms with E-state index in [1.165, 1.54) is 11.1 Å². The molecule has 5 heteroatoms. The first-order valence-electron chi connectivity index (χ1n) is 18.7. The van der Waals surface area contributed by atoms with Crippen LogP contribution in [0.25, 0.3) is 111 Å². The zero-order valence-electron chi connectivity index (χ0n) is 30.1. The molecule has 8 aromatic carbocycles. The third-order valence-electron chi connectivity index (χ3n) is 10.6. The van der Waals surface area contributed by atoms with Crippen molar-refractivity contribution in [2.75, 3.05) is 0 Å². The summed E-state index contributed by atoms with van der Waals surface area (Å²) in [6, 6.07) is 64.7. The van der Waals surface area contributed by atoms with Crippen molar-refractivity contribution in [3.05, 3.63) is 188 Å². The Morgan fingerprint density at radius 2 is 0.643 bits per heavy atom. The van der Waals surface area contributed by atoms with Gasteiger partial charge in [0.2, 0.25) is 0 Å². The van der Waals surface area contributed by atoms with Gasteiger partial charge in [-0.1, -0.05) is 140 Å². The fraction of sp³-hybridized carbons (Fsp3) is 0. The first kappa shape index (κ1) is 31.9. The minimum atomic E-state index is 0.590. The Morgan fingerprint density at radius 3 is 1.20 bits per heavy atom. The molecule has 0 amide bonds. The van der Waals surface area contributed by atoms with E-state index in [0.29, 0.717) is 17.5 Å². The van der Waals surface area contributed by atoms with Gasteiger partial charge in [-0.25, -0.2) is 15.0 Å². The van der Waals surface area contributed by atoms with E-state index in [2.05, 4.69) is 115 Å². The monoisotopic (exact) mass is 717 g/mol. The van der Waals surface area contributed by atoms with Gasteiger partial charge in [0, 0.05) is 38.2 Å². The molecule has 0 fully saturated rings. The lowest BCUT2D eigenvalue weighted by atomic mass is 9.93. The number of hydrogen-bond acceptors (Lipinski definition) is 5. The van der Waals surface area contributed by atoms with Crippen molar-refractivity contribution in [1.82, 2.24) is 15.0 Å². The summed E-state index contributed by atoms with van der Waals surface area (Å²) in [5, 5.41) is 4.30. The molecule has 11 rings (SSSR count). The molecule has 0 radical (unpaired) electrons. The Kier molecular flexibility index (Phi) is 7.42. The topological polar surface area (TPSA) is 65.0 Å². The molecule has 0 bridgehead atoms. The van der Waals surface area contributed by atoms with E-state index in [-0.39, 0.29) is 0 Å². The molecule has 3 heterocycles. The van der Waals surface area contributed by atoms with E-state index in [9.17, 15) is 0 Å². The van der Waals surface area contributed by atoms with Gasteiger partial charge in [-0.2, -0.15) is 0 Å². The van der Waals surface area contributed by atoms with Gasteiger partial charge in [0.15, 0.2) is 17.5 Å². The molecule has 0 saturated carbocycles. The SMILES string of the molecule is c1ccc(-c2ccc3oc4cc(-c5ccccc5-c5ccc6oc7cc(-c8nc(-c9ccccc9)nc(-c9ccccc9)n8)ccc7c6c5)ccc4c3c2)cc1. The second-order valence-electron chi connectivity index (χ2n) is 14.0. The van der Waals surface area contributed by atoms with Crippen LogP contribution in [0.5, 0.6) is 0 Å². The number of rotatable bonds is 6. The first-order chi connectivity index (χ1) is 27.7. The predicted octanol–water partition coefficient (Wildman–Crippen LogP) is 13.7. The Hall–Kier alpha value is -7.63. The molecule has 0 atom stereocenters. The molecule has 0 aliphatic heterocycles. The lowest BCUT2D eigenvalue weighted by molar-refractivity contribution is 0.668. The molecule has 5 nitrogen and oxygen atoms in total. The Morgan fingerprint density at radius 1 is 0.250 bits per heavy atom. The standard InChI is InChI=1S/C51H31N3O2/c1-4-12-32(13-5-1)35-22-26-45-43(28-35)41-24-20-37(30-47(41)55-45)40-19-11-10-18-39(40)36-23-27-46-44(29-36)42-25-21-38(31-48(42)56-46)51-53-49(33-14-6-2-7-15-33)52-50(54-51)34-16-8-3-9-17-34/h1-31H. The van der Waals surface area contributed by atoms with Crippen molar-refractivity contribution in [3.63, 3.8) is 0 Å². The lowest BCUT2D eigenvalue weighted by Gasteiger charge is -2.10. The molecule has 0 unspecified atom stereocenters. The summed E-state index contributed by atoms with van der Waals surface area (Å²) in [7, 11) is 0. The van der Waals surface area contributed by atoms with Crippen LogP contribution in [0.1, 0.15) is 0 Å². The molecule has 0 saturated heterocycles. The smallest absolute Gasteiger partial charge is 0.164 e. The summed E-state index contributed by atoms with van der Waals surface area (Å²) >= 11 is 0. The molecule has 0 aliphatic carbocycles. The van der Waals surface area contributed by atoms with Crippen LogP contribution in [0, 0.1) is 0 Å². The van der Waals surface area contributed by atoms with Crippen molar-refractivity contribution in [2.45, 2.75) is 0 Å². The van der Waals surface area contributed by atoms with Crippen LogP contribution in [-0.2, 0) is 0 Å². The third-order valence-corrected chi connectivity index (χ3v) is 10.6. The normalized spacial score (nSPS) is 11.6. The van der Waals surface area contributed by atoms with Gasteiger partial charge in [0.1, 0.15) is 22.3 Å². The van der Waals surface area contributed by atoms with Gasteiger partial charge in [-0.15, -0.1) is 0 Å². The van der Waals surface area contributed by atoms with Gasteiger partial charge < -0.3 is 8.83 Å². The second-order valence-corrected chi connectivity index (χ2v) is 14.0. The Labute approximate surface area is 322 Å². The van der Waals surface area contributed by atoms with E-state index in [1.807, 2.05) is 72.8 Å². The second kappa shape index (κ2) is 13.0. The maximum Gasteiger partial charge on any atom is 0.164 e. The minimum Gasteiger partial charge on any atom is -0.456 e. The van der Waals surface area contributed by atoms with E-state index in [4.69, 9.17) is 23.8 Å². The molecule has 0 N–H and O–H groups in total. The molecule has 56 heavy (non-hydrogen) atoms. The fourth-order valence-electron chi connectivity index (χ4n) is 7.76. The van der Waals surface area contributed by atoms with Crippen molar-refractivity contribution in [3.8, 4) is 67.5 Å². The molecule has 0 aliphatic rings. The summed E-state index contributed by atoms with van der Waals surface area (Å²) < 4.78 is 12.9. The Balaban J connectivity index is 0.972. The molecule has 262 valence electrons. The summed E-state index contributed by atoms with van der Waals surface area (Å²) in [5.41, 5.74) is 12.9. The van der Waals surface area contributed by atoms with Crippen LogP contribution < -0.4 is 0 Å². The highest BCUT2D eigenvalue weighted by atomic mass is 16.3. The number of fused-ring (bicyclic) bond motifs is 6. The highest BCUT2D eigenvalue weighted by Crippen LogP contribution is 2.40. The number of nitrogens with zero attached hydrogens (tertiary/aromatic N) is 3. The van der Waals surface area contributed by atoms with Crippen LogP contribution in [0.4, 0.5) is 0 Å². The number of benzene rings is 8. The Bertz CT molecular complexity index is 3180. The van der Waals surface area contributed by atoms with Gasteiger partial charge in [-0.05, 0) is 81.9 Å². The van der Waals surface area contributed by atoms with E-state index in [1.54, 1.807) is 0 Å². The third kappa shape index (κ3) is 5.53. The van der Waals surface area contributed by atoms with Crippen LogP contribution >= 0.6 is 0 Å². The summed E-state index contributed by atoms with van der Waals surface area (Å²) in [4.78, 5) is 14.7. The van der Waals surface area contributed by atoms with Gasteiger partial charge in [-0.3, -0.25) is 0 Å². The van der Waals surface area contributed by atoms with Crippen LogP contribution in [0.2, 0.25) is 0 Å². The molecular formula is C51H31N3O2. The maximum atomic E-state index is 6.48. The van der Waals surface area contributed by atoms with Crippen LogP contribution in [-0.4, -0.2) is 15.0 Å². The van der Waals surface area contributed by atoms with E-state index in [0.717, 1.165) is 82.8 Å². The van der Waals surface area contributed by atoms with Crippen molar-refractivity contribution < 1.29 is 8.83 Å². The van der Waals surface area contributed by atoms with Gasteiger partial charge >= 0.3 is 0 Å². The molecule has 0 spiro atoms. The van der Waals surface area contributed by atoms with Crippen LogP contribution in [0.15, 0.2) is 197 Å². The lowest BCUT2D eigenvalue weighted by Crippen LogP contribution is -2.00. The zero-order valence-corrected chi connectivity index (χ0v) is 30.1. The predicted molar refractivity (Wildman–Crippen MR) is 227 cm³/mol. The summed E-state index contributed by atoms with van der Waals surface area (Å²) in [6.45, 7) is 0. The van der Waals surface area contributed by atoms with Gasteiger partial charge in [0.25, 0.3) is 0 Å². The van der Waals surface area contributed by atoms with Crippen molar-refractivity contribution in [2.24, 2.45) is 0 Å². The average molecular weight is 718 g/mol. The quantitative estimate of drug-likeness (QED) is 0.171. The summed E-state index contributed by atoms with van der Waals surface area (Å²) in [6.07, 6.45) is 0. The highest BCUT2D eigenvalue weighted by Gasteiger charge is 2.17. The molecular weight excluding hydrogens is 687 g/mol. The largest absolute Gasteiger partial charge is 0.456 e. The van der Waals surface area contributed by atoms with E-state index < -0.39 is 0 Å². The number of furan rings is 2. The summed E-state index contributed by atoms with van der Waals surface area (Å²) in [5.74, 6) is 1.84. The van der Waals surface area contributed by atoms with E-state index >= 15 is 0 Å². The zero-order chi connectivity index (χ0) is 37.0. The maximum absolute atomic E-state index is 6.48. The van der Waals surface area contributed by atoms with Crippen LogP contribution in [0.3, 0.4) is 0 Å². The number of hydrogen-bond donors (Lipinski definition) is 0. The van der Waals surface area contributed by atoms with Crippen molar-refractivity contribution >= 4 is 43.9 Å².